The molecule has 4 aromatic rings. The lowest BCUT2D eigenvalue weighted by molar-refractivity contribution is -0.159. The summed E-state index contributed by atoms with van der Waals surface area (Å²) in [5, 5.41) is 18.9. The van der Waals surface area contributed by atoms with Crippen molar-refractivity contribution < 1.29 is 19.8 Å². The summed E-state index contributed by atoms with van der Waals surface area (Å²) in [5.41, 5.74) is 5.82. The van der Waals surface area contributed by atoms with Crippen LogP contribution in [0, 0.1) is 0 Å². The van der Waals surface area contributed by atoms with Gasteiger partial charge in [-0.05, 0) is 34.4 Å². The second kappa shape index (κ2) is 11.0. The van der Waals surface area contributed by atoms with Gasteiger partial charge in [0.2, 0.25) is 5.95 Å². The zero-order valence-corrected chi connectivity index (χ0v) is 18.5. The van der Waals surface area contributed by atoms with Crippen LogP contribution in [0.1, 0.15) is 5.56 Å². The van der Waals surface area contributed by atoms with Crippen molar-refractivity contribution >= 4 is 29.5 Å². The molecule has 0 amide bonds. The molecule has 7 nitrogen and oxygen atoms in total. The van der Waals surface area contributed by atoms with Crippen molar-refractivity contribution in [2.45, 2.75) is 6.54 Å². The number of rotatable bonds is 5. The lowest BCUT2D eigenvalue weighted by Crippen LogP contribution is -2.09. The van der Waals surface area contributed by atoms with E-state index in [-0.39, 0.29) is 0 Å². The first-order valence-corrected chi connectivity index (χ1v) is 10.3. The fraction of sp³-hybridized carbons (Fsp3) is 0.0800. The summed E-state index contributed by atoms with van der Waals surface area (Å²) in [6.07, 6.45) is 1.90. The summed E-state index contributed by atoms with van der Waals surface area (Å²) in [6.45, 7) is 0.703. The second-order valence-corrected chi connectivity index (χ2v) is 7.50. The molecule has 168 valence electrons. The summed E-state index contributed by atoms with van der Waals surface area (Å²) >= 11 is 5.94. The highest BCUT2D eigenvalue weighted by atomic mass is 35.5. The topological polar surface area (TPSA) is 104 Å². The average Bonchev–Trinajstić information content (AvgIpc) is 3.20. The van der Waals surface area contributed by atoms with Crippen LogP contribution in [0.5, 0.6) is 0 Å². The summed E-state index contributed by atoms with van der Waals surface area (Å²) in [5.74, 6) is -2.81. The largest absolute Gasteiger partial charge is 0.473 e. The van der Waals surface area contributed by atoms with Crippen LogP contribution in [0.15, 0.2) is 85.1 Å². The van der Waals surface area contributed by atoms with Gasteiger partial charge >= 0.3 is 11.9 Å². The number of hydrogen-bond donors (Lipinski definition) is 3. The minimum absolute atomic E-state index is 0.703. The van der Waals surface area contributed by atoms with Crippen LogP contribution < -0.4 is 5.32 Å². The van der Waals surface area contributed by atoms with Crippen molar-refractivity contribution in [2.24, 2.45) is 7.05 Å². The molecule has 0 saturated heterocycles. The fourth-order valence-corrected chi connectivity index (χ4v) is 3.22. The Morgan fingerprint density at radius 3 is 1.97 bits per heavy atom. The number of nitrogens with zero attached hydrogens (tertiary/aromatic N) is 2. The quantitative estimate of drug-likeness (QED) is 0.352. The van der Waals surface area contributed by atoms with Crippen molar-refractivity contribution in [2.75, 3.05) is 5.32 Å². The zero-order chi connectivity index (χ0) is 23.8. The van der Waals surface area contributed by atoms with Crippen LogP contribution in [0.3, 0.4) is 0 Å². The van der Waals surface area contributed by atoms with Gasteiger partial charge in [0, 0.05) is 18.6 Å². The number of nitrogens with one attached hydrogen (secondary N) is 1. The predicted octanol–water partition coefficient (Wildman–Crippen LogP) is 5.18. The Hall–Kier alpha value is -4.10. The number of halogens is 1. The molecule has 0 aliphatic carbocycles. The number of carboxylic acid groups (broad SMARTS) is 2. The normalized spacial score (nSPS) is 10.1. The van der Waals surface area contributed by atoms with Gasteiger partial charge in [-0.2, -0.15) is 0 Å². The minimum atomic E-state index is -1.82. The third kappa shape index (κ3) is 6.44. The Balaban J connectivity index is 0.000000454. The monoisotopic (exact) mass is 463 g/mol. The maximum Gasteiger partial charge on any atom is 0.414 e. The molecule has 8 heteroatoms. The van der Waals surface area contributed by atoms with Crippen molar-refractivity contribution in [1.82, 2.24) is 9.55 Å². The van der Waals surface area contributed by atoms with Crippen LogP contribution in [0.25, 0.3) is 22.4 Å². The number of carbonyl (C=O) groups is 2. The van der Waals surface area contributed by atoms with Gasteiger partial charge in [-0.25, -0.2) is 14.6 Å². The number of benzene rings is 3. The van der Waals surface area contributed by atoms with Gasteiger partial charge in [0.1, 0.15) is 0 Å². The van der Waals surface area contributed by atoms with E-state index in [2.05, 4.69) is 63.4 Å². The molecular formula is C25H22ClN3O4. The average molecular weight is 464 g/mol. The lowest BCUT2D eigenvalue weighted by Gasteiger charge is -2.09. The van der Waals surface area contributed by atoms with Crippen LogP contribution in [-0.2, 0) is 23.2 Å². The zero-order valence-electron chi connectivity index (χ0n) is 17.8. The Labute approximate surface area is 195 Å². The minimum Gasteiger partial charge on any atom is -0.473 e. The number of anilines is 1. The fourth-order valence-electron chi connectivity index (χ4n) is 3.09. The van der Waals surface area contributed by atoms with Crippen LogP contribution >= 0.6 is 11.6 Å². The Kier molecular flexibility index (Phi) is 7.83. The van der Waals surface area contributed by atoms with Gasteiger partial charge in [0.15, 0.2) is 0 Å². The molecule has 0 saturated carbocycles. The van der Waals surface area contributed by atoms with E-state index >= 15 is 0 Å². The highest BCUT2D eigenvalue weighted by Crippen LogP contribution is 2.26. The van der Waals surface area contributed by atoms with Gasteiger partial charge in [0.25, 0.3) is 0 Å². The van der Waals surface area contributed by atoms with Crippen molar-refractivity contribution in [3.8, 4) is 22.4 Å². The van der Waals surface area contributed by atoms with Crippen molar-refractivity contribution in [1.29, 1.82) is 0 Å². The van der Waals surface area contributed by atoms with E-state index in [9.17, 15) is 0 Å². The first-order valence-electron chi connectivity index (χ1n) is 9.97. The standard InChI is InChI=1S/C23H20ClN3.C2H2O4/c1-27-22(16-26-23(27)25-15-17-7-13-21(24)14-8-17)20-11-9-19(10-12-20)18-5-3-2-4-6-18;3-1(4)2(5)6/h2-14,16H,15H2,1H3,(H,25,26);(H,3,4)(H,5,6). The molecule has 0 aliphatic heterocycles. The third-order valence-corrected chi connectivity index (χ3v) is 5.07. The maximum atomic E-state index is 9.10. The summed E-state index contributed by atoms with van der Waals surface area (Å²) < 4.78 is 2.08. The van der Waals surface area contributed by atoms with E-state index in [0.29, 0.717) is 6.54 Å². The molecule has 3 N–H and O–H groups in total. The molecule has 33 heavy (non-hydrogen) atoms. The number of hydrogen-bond acceptors (Lipinski definition) is 4. The molecule has 4 rings (SSSR count). The molecule has 0 spiro atoms. The Bertz CT molecular complexity index is 1210. The molecular weight excluding hydrogens is 442 g/mol. The van der Waals surface area contributed by atoms with Gasteiger partial charge in [-0.3, -0.25) is 0 Å². The van der Waals surface area contributed by atoms with E-state index in [0.717, 1.165) is 27.8 Å². The number of aliphatic carboxylic acids is 2. The summed E-state index contributed by atoms with van der Waals surface area (Å²) in [6, 6.07) is 26.8. The van der Waals surface area contributed by atoms with Gasteiger partial charge < -0.3 is 20.1 Å². The van der Waals surface area contributed by atoms with Crippen LogP contribution in [0.2, 0.25) is 5.02 Å². The first kappa shape index (κ1) is 23.6. The molecule has 1 heterocycles. The summed E-state index contributed by atoms with van der Waals surface area (Å²) in [7, 11) is 2.03. The van der Waals surface area contributed by atoms with Crippen molar-refractivity contribution in [3.63, 3.8) is 0 Å². The van der Waals surface area contributed by atoms with E-state index in [1.807, 2.05) is 43.6 Å². The van der Waals surface area contributed by atoms with Gasteiger partial charge in [-0.15, -0.1) is 0 Å². The van der Waals surface area contributed by atoms with Crippen LogP contribution in [-0.4, -0.2) is 31.7 Å². The third-order valence-electron chi connectivity index (χ3n) is 4.82. The highest BCUT2D eigenvalue weighted by molar-refractivity contribution is 6.30. The SMILES string of the molecule is Cn1c(-c2ccc(-c3ccccc3)cc2)cnc1NCc1ccc(Cl)cc1.O=C(O)C(=O)O. The highest BCUT2D eigenvalue weighted by Gasteiger charge is 2.09. The molecule has 0 fully saturated rings. The molecule has 0 aliphatic rings. The van der Waals surface area contributed by atoms with E-state index in [1.54, 1.807) is 0 Å². The maximum absolute atomic E-state index is 9.10. The number of imidazole rings is 1. The molecule has 0 atom stereocenters. The molecule has 0 radical (unpaired) electrons. The van der Waals surface area contributed by atoms with E-state index < -0.39 is 11.9 Å². The van der Waals surface area contributed by atoms with Crippen LogP contribution in [0.4, 0.5) is 5.95 Å². The van der Waals surface area contributed by atoms with E-state index in [4.69, 9.17) is 31.4 Å². The second-order valence-electron chi connectivity index (χ2n) is 7.06. The van der Waals surface area contributed by atoms with Gasteiger partial charge in [0.05, 0.1) is 11.9 Å². The molecule has 0 bridgehead atoms. The number of carboxylic acids is 2. The molecule has 1 aromatic heterocycles. The number of aromatic nitrogens is 2. The Morgan fingerprint density at radius 1 is 0.848 bits per heavy atom. The summed E-state index contributed by atoms with van der Waals surface area (Å²) in [4.78, 5) is 22.7. The predicted molar refractivity (Wildman–Crippen MR) is 128 cm³/mol. The smallest absolute Gasteiger partial charge is 0.414 e. The van der Waals surface area contributed by atoms with Gasteiger partial charge in [-0.1, -0.05) is 78.3 Å². The Morgan fingerprint density at radius 2 is 1.39 bits per heavy atom. The van der Waals surface area contributed by atoms with Crippen molar-refractivity contribution in [3.05, 3.63) is 95.6 Å². The lowest BCUT2D eigenvalue weighted by atomic mass is 10.0. The molecule has 0 unspecified atom stereocenters. The van der Waals surface area contributed by atoms with E-state index in [1.165, 1.54) is 11.1 Å². The first-order chi connectivity index (χ1) is 15.8. The molecule has 3 aromatic carbocycles.